The molecule has 1 aromatic carbocycles. The lowest BCUT2D eigenvalue weighted by Gasteiger charge is -2.12. The van der Waals surface area contributed by atoms with Gasteiger partial charge in [-0.05, 0) is 19.1 Å². The van der Waals surface area contributed by atoms with E-state index in [0.29, 0.717) is 11.1 Å². The topological polar surface area (TPSA) is 70.7 Å². The van der Waals surface area contributed by atoms with Crippen LogP contribution in [0.2, 0.25) is 0 Å². The van der Waals surface area contributed by atoms with Gasteiger partial charge in [0.1, 0.15) is 5.82 Å². The SMILES string of the molecule is CC(NC(=O)c1cccc2cccnc12)c1ncc[nH]1. The van der Waals surface area contributed by atoms with Crippen LogP contribution < -0.4 is 5.32 Å². The number of fused-ring (bicyclic) bond motifs is 1. The third kappa shape index (κ3) is 2.25. The lowest BCUT2D eigenvalue weighted by molar-refractivity contribution is 0.0940. The molecule has 0 bridgehead atoms. The Morgan fingerprint density at radius 3 is 2.85 bits per heavy atom. The van der Waals surface area contributed by atoms with Gasteiger partial charge >= 0.3 is 0 Å². The molecule has 20 heavy (non-hydrogen) atoms. The largest absolute Gasteiger partial charge is 0.347 e. The molecule has 2 N–H and O–H groups in total. The summed E-state index contributed by atoms with van der Waals surface area (Å²) >= 11 is 0. The van der Waals surface area contributed by atoms with Crippen molar-refractivity contribution in [3.05, 3.63) is 60.3 Å². The number of aromatic nitrogens is 3. The van der Waals surface area contributed by atoms with Gasteiger partial charge in [-0.1, -0.05) is 18.2 Å². The van der Waals surface area contributed by atoms with Gasteiger partial charge in [-0.25, -0.2) is 4.98 Å². The van der Waals surface area contributed by atoms with Gasteiger partial charge in [-0.3, -0.25) is 9.78 Å². The molecule has 1 amide bonds. The van der Waals surface area contributed by atoms with Crippen molar-refractivity contribution in [2.24, 2.45) is 0 Å². The molecule has 3 rings (SSSR count). The molecule has 0 aliphatic carbocycles. The quantitative estimate of drug-likeness (QED) is 0.765. The summed E-state index contributed by atoms with van der Waals surface area (Å²) in [5.41, 5.74) is 1.28. The van der Waals surface area contributed by atoms with Crippen molar-refractivity contribution < 1.29 is 4.79 Å². The van der Waals surface area contributed by atoms with Crippen LogP contribution in [0.4, 0.5) is 0 Å². The first kappa shape index (κ1) is 12.3. The van der Waals surface area contributed by atoms with Crippen molar-refractivity contribution in [1.29, 1.82) is 0 Å². The summed E-state index contributed by atoms with van der Waals surface area (Å²) in [5.74, 6) is 0.574. The van der Waals surface area contributed by atoms with Crippen LogP contribution in [-0.2, 0) is 0 Å². The van der Waals surface area contributed by atoms with Crippen LogP contribution in [0.1, 0.15) is 29.1 Å². The van der Waals surface area contributed by atoms with Crippen molar-refractivity contribution in [1.82, 2.24) is 20.3 Å². The molecule has 0 saturated carbocycles. The van der Waals surface area contributed by atoms with E-state index in [-0.39, 0.29) is 11.9 Å². The minimum atomic E-state index is -0.184. The van der Waals surface area contributed by atoms with Crippen LogP contribution in [0.25, 0.3) is 10.9 Å². The average molecular weight is 266 g/mol. The monoisotopic (exact) mass is 266 g/mol. The highest BCUT2D eigenvalue weighted by Crippen LogP contribution is 2.17. The number of hydrogen-bond acceptors (Lipinski definition) is 3. The number of carbonyl (C=O) groups excluding carboxylic acids is 1. The van der Waals surface area contributed by atoms with E-state index in [9.17, 15) is 4.79 Å². The molecule has 2 heterocycles. The van der Waals surface area contributed by atoms with E-state index in [1.165, 1.54) is 0 Å². The summed E-state index contributed by atoms with van der Waals surface area (Å²) in [6.45, 7) is 1.88. The Kier molecular flexibility index (Phi) is 3.16. The van der Waals surface area contributed by atoms with Crippen LogP contribution in [0, 0.1) is 0 Å². The van der Waals surface area contributed by atoms with Crippen molar-refractivity contribution in [2.75, 3.05) is 0 Å². The maximum Gasteiger partial charge on any atom is 0.254 e. The zero-order valence-corrected chi connectivity index (χ0v) is 11.0. The number of para-hydroxylation sites is 1. The maximum absolute atomic E-state index is 12.4. The maximum atomic E-state index is 12.4. The molecule has 1 unspecified atom stereocenters. The van der Waals surface area contributed by atoms with Crippen molar-refractivity contribution in [3.63, 3.8) is 0 Å². The molecule has 0 aliphatic heterocycles. The fourth-order valence-electron chi connectivity index (χ4n) is 2.14. The molecule has 5 heteroatoms. The van der Waals surface area contributed by atoms with Crippen LogP contribution in [0.5, 0.6) is 0 Å². The number of benzene rings is 1. The second-order valence-electron chi connectivity index (χ2n) is 4.55. The fourth-order valence-corrected chi connectivity index (χ4v) is 2.14. The highest BCUT2D eigenvalue weighted by atomic mass is 16.1. The zero-order valence-electron chi connectivity index (χ0n) is 11.0. The van der Waals surface area contributed by atoms with E-state index in [4.69, 9.17) is 0 Å². The number of amides is 1. The summed E-state index contributed by atoms with van der Waals surface area (Å²) in [5, 5.41) is 3.87. The number of pyridine rings is 1. The average Bonchev–Trinajstić information content (AvgIpc) is 3.01. The smallest absolute Gasteiger partial charge is 0.254 e. The van der Waals surface area contributed by atoms with E-state index >= 15 is 0 Å². The van der Waals surface area contributed by atoms with Crippen molar-refractivity contribution >= 4 is 16.8 Å². The minimum absolute atomic E-state index is 0.154. The molecular weight excluding hydrogens is 252 g/mol. The molecule has 0 fully saturated rings. The molecule has 0 radical (unpaired) electrons. The Morgan fingerprint density at radius 1 is 1.20 bits per heavy atom. The lowest BCUT2D eigenvalue weighted by Crippen LogP contribution is -2.27. The van der Waals surface area contributed by atoms with Crippen LogP contribution in [0.3, 0.4) is 0 Å². The number of rotatable bonds is 3. The van der Waals surface area contributed by atoms with Crippen LogP contribution in [-0.4, -0.2) is 20.9 Å². The minimum Gasteiger partial charge on any atom is -0.347 e. The Balaban J connectivity index is 1.89. The van der Waals surface area contributed by atoms with E-state index in [1.54, 1.807) is 24.7 Å². The van der Waals surface area contributed by atoms with E-state index in [1.807, 2.05) is 31.2 Å². The van der Waals surface area contributed by atoms with Crippen LogP contribution >= 0.6 is 0 Å². The highest BCUT2D eigenvalue weighted by Gasteiger charge is 2.15. The first-order valence-electron chi connectivity index (χ1n) is 6.39. The number of carbonyl (C=O) groups is 1. The first-order valence-corrected chi connectivity index (χ1v) is 6.39. The molecule has 0 saturated heterocycles. The van der Waals surface area contributed by atoms with Gasteiger partial charge in [0, 0.05) is 24.0 Å². The second-order valence-corrected chi connectivity index (χ2v) is 4.55. The third-order valence-corrected chi connectivity index (χ3v) is 3.15. The Bertz CT molecular complexity index is 731. The standard InChI is InChI=1S/C15H14N4O/c1-10(14-17-8-9-18-14)19-15(20)12-6-2-4-11-5-3-7-16-13(11)12/h2-10H,1H3,(H,17,18)(H,19,20). The van der Waals surface area contributed by atoms with Gasteiger partial charge in [0.15, 0.2) is 0 Å². The summed E-state index contributed by atoms with van der Waals surface area (Å²) in [4.78, 5) is 23.8. The van der Waals surface area contributed by atoms with Gasteiger partial charge in [0.2, 0.25) is 0 Å². The van der Waals surface area contributed by atoms with E-state index in [2.05, 4.69) is 20.3 Å². The Labute approximate surface area is 116 Å². The summed E-state index contributed by atoms with van der Waals surface area (Å²) in [6, 6.07) is 9.19. The summed E-state index contributed by atoms with van der Waals surface area (Å²) in [6.07, 6.45) is 5.09. The highest BCUT2D eigenvalue weighted by molar-refractivity contribution is 6.05. The van der Waals surface area contributed by atoms with E-state index < -0.39 is 0 Å². The molecule has 3 aromatic rings. The molecule has 5 nitrogen and oxygen atoms in total. The number of hydrogen-bond donors (Lipinski definition) is 2. The van der Waals surface area contributed by atoms with Gasteiger partial charge in [0.25, 0.3) is 5.91 Å². The number of aromatic amines is 1. The molecule has 100 valence electrons. The first-order chi connectivity index (χ1) is 9.75. The summed E-state index contributed by atoms with van der Waals surface area (Å²) < 4.78 is 0. The molecule has 2 aromatic heterocycles. The van der Waals surface area contributed by atoms with Crippen LogP contribution in [0.15, 0.2) is 48.9 Å². The van der Waals surface area contributed by atoms with E-state index in [0.717, 1.165) is 11.2 Å². The van der Waals surface area contributed by atoms with Gasteiger partial charge < -0.3 is 10.3 Å². The van der Waals surface area contributed by atoms with Gasteiger partial charge in [-0.15, -0.1) is 0 Å². The number of nitrogens with zero attached hydrogens (tertiary/aromatic N) is 2. The Morgan fingerprint density at radius 2 is 2.05 bits per heavy atom. The van der Waals surface area contributed by atoms with Crippen molar-refractivity contribution in [3.8, 4) is 0 Å². The molecule has 0 aliphatic rings. The van der Waals surface area contributed by atoms with Gasteiger partial charge in [-0.2, -0.15) is 0 Å². The number of imidazole rings is 1. The number of H-pyrrole nitrogens is 1. The molecule has 1 atom stereocenters. The number of nitrogens with one attached hydrogen (secondary N) is 2. The molecular formula is C15H14N4O. The zero-order chi connectivity index (χ0) is 13.9. The predicted octanol–water partition coefficient (Wildman–Crippen LogP) is 2.45. The third-order valence-electron chi connectivity index (χ3n) is 3.15. The summed E-state index contributed by atoms with van der Waals surface area (Å²) in [7, 11) is 0. The molecule has 0 spiro atoms. The predicted molar refractivity (Wildman–Crippen MR) is 76.2 cm³/mol. The normalized spacial score (nSPS) is 12.2. The van der Waals surface area contributed by atoms with Crippen molar-refractivity contribution in [2.45, 2.75) is 13.0 Å². The lowest BCUT2D eigenvalue weighted by atomic mass is 10.1. The fraction of sp³-hybridized carbons (Fsp3) is 0.133. The second kappa shape index (κ2) is 5.13. The van der Waals surface area contributed by atoms with Gasteiger partial charge in [0.05, 0.1) is 17.1 Å². The Hall–Kier alpha value is -2.69.